The average Bonchev–Trinajstić information content (AvgIpc) is 3.11. The summed E-state index contributed by atoms with van der Waals surface area (Å²) in [5.41, 5.74) is -0.594. The van der Waals surface area contributed by atoms with Crippen molar-refractivity contribution < 1.29 is 28.5 Å². The summed E-state index contributed by atoms with van der Waals surface area (Å²) in [4.78, 5) is 27.6. The zero-order valence-electron chi connectivity index (χ0n) is 18.0. The molecule has 2 fully saturated rings. The molecule has 0 aliphatic carbocycles. The minimum atomic E-state index is -1.06. The predicted octanol–water partition coefficient (Wildman–Crippen LogP) is 2.59. The zero-order chi connectivity index (χ0) is 21.3. The Morgan fingerprint density at radius 1 is 1.25 bits per heavy atom. The van der Waals surface area contributed by atoms with E-state index < -0.39 is 23.3 Å². The quantitative estimate of drug-likeness (QED) is 0.358. The number of esters is 1. The Morgan fingerprint density at radius 2 is 1.86 bits per heavy atom. The van der Waals surface area contributed by atoms with Gasteiger partial charge in [-0.1, -0.05) is 13.8 Å². The summed E-state index contributed by atoms with van der Waals surface area (Å²) in [6.07, 6.45) is 0.238. The molecule has 0 saturated carbocycles. The smallest absolute Gasteiger partial charge is 0.307 e. The lowest BCUT2D eigenvalue weighted by Crippen LogP contribution is -2.56. The van der Waals surface area contributed by atoms with E-state index in [-0.39, 0.29) is 42.3 Å². The number of fused-ring (bicyclic) bond motifs is 1. The molecule has 0 N–H and O–H groups in total. The Morgan fingerprint density at radius 3 is 2.36 bits per heavy atom. The van der Waals surface area contributed by atoms with Crippen LogP contribution in [0.15, 0.2) is 0 Å². The van der Waals surface area contributed by atoms with Crippen molar-refractivity contribution in [1.29, 1.82) is 0 Å². The van der Waals surface area contributed by atoms with Gasteiger partial charge < -0.3 is 23.8 Å². The summed E-state index contributed by atoms with van der Waals surface area (Å²) in [5.74, 6) is -1.82. The van der Waals surface area contributed by atoms with Crippen LogP contribution in [0.5, 0.6) is 0 Å². The highest BCUT2D eigenvalue weighted by molar-refractivity contribution is 6.21. The number of amides is 1. The van der Waals surface area contributed by atoms with Gasteiger partial charge in [0.15, 0.2) is 0 Å². The second kappa shape index (κ2) is 8.86. The third-order valence-corrected chi connectivity index (χ3v) is 5.60. The highest BCUT2D eigenvalue weighted by atomic mass is 35.5. The first-order valence-corrected chi connectivity index (χ1v) is 10.3. The molecule has 0 spiro atoms. The summed E-state index contributed by atoms with van der Waals surface area (Å²) in [5, 5.41) is -0.359. The third kappa shape index (κ3) is 4.99. The molecule has 7 nitrogen and oxygen atoms in total. The summed E-state index contributed by atoms with van der Waals surface area (Å²) in [7, 11) is 3.07. The van der Waals surface area contributed by atoms with Gasteiger partial charge in [-0.05, 0) is 33.1 Å². The van der Waals surface area contributed by atoms with Gasteiger partial charge in [0.2, 0.25) is 11.7 Å². The first kappa shape index (κ1) is 23.4. The van der Waals surface area contributed by atoms with Crippen molar-refractivity contribution in [3.63, 3.8) is 0 Å². The highest BCUT2D eigenvalue weighted by Gasteiger charge is 2.61. The number of nitrogens with zero attached hydrogens (tertiary/aromatic N) is 1. The van der Waals surface area contributed by atoms with Crippen LogP contribution >= 0.6 is 11.6 Å². The van der Waals surface area contributed by atoms with Gasteiger partial charge in [0.1, 0.15) is 24.4 Å². The van der Waals surface area contributed by atoms with E-state index in [1.165, 1.54) is 14.2 Å². The van der Waals surface area contributed by atoms with Gasteiger partial charge in [-0.25, -0.2) is 0 Å². The van der Waals surface area contributed by atoms with Crippen molar-refractivity contribution in [1.82, 2.24) is 4.90 Å². The Balaban J connectivity index is 2.23. The summed E-state index contributed by atoms with van der Waals surface area (Å²) in [6.45, 7) is 10.0. The van der Waals surface area contributed by atoms with Gasteiger partial charge >= 0.3 is 5.97 Å². The van der Waals surface area contributed by atoms with E-state index in [9.17, 15) is 9.59 Å². The molecule has 0 aromatic rings. The number of carbonyl (C=O) groups excluding carboxylic acids is 2. The van der Waals surface area contributed by atoms with Crippen LogP contribution in [-0.2, 0) is 28.5 Å². The molecule has 2 aliphatic rings. The van der Waals surface area contributed by atoms with E-state index in [0.717, 1.165) is 0 Å². The molecule has 2 aliphatic heterocycles. The van der Waals surface area contributed by atoms with Crippen molar-refractivity contribution in [2.75, 3.05) is 27.4 Å². The monoisotopic (exact) mass is 419 g/mol. The van der Waals surface area contributed by atoms with Crippen LogP contribution in [0.25, 0.3) is 0 Å². The number of ether oxygens (including phenoxy) is 4. The molecule has 1 amide bonds. The molecule has 0 bridgehead atoms. The van der Waals surface area contributed by atoms with Crippen molar-refractivity contribution in [2.24, 2.45) is 11.8 Å². The first-order valence-electron chi connectivity index (χ1n) is 9.82. The molecule has 2 heterocycles. The van der Waals surface area contributed by atoms with E-state index in [4.69, 9.17) is 30.5 Å². The number of methoxy groups -OCH3 is 2. The molecule has 0 aromatic carbocycles. The Labute approximate surface area is 173 Å². The molecule has 2 saturated heterocycles. The van der Waals surface area contributed by atoms with Crippen LogP contribution in [0.4, 0.5) is 0 Å². The largest absolute Gasteiger partial charge is 0.460 e. The molecular weight excluding hydrogens is 386 g/mol. The van der Waals surface area contributed by atoms with Gasteiger partial charge in [-0.2, -0.15) is 0 Å². The molecule has 4 atom stereocenters. The maximum absolute atomic E-state index is 13.5. The summed E-state index contributed by atoms with van der Waals surface area (Å²) >= 11 is 6.47. The fourth-order valence-corrected chi connectivity index (χ4v) is 4.45. The van der Waals surface area contributed by atoms with E-state index in [0.29, 0.717) is 13.0 Å². The minimum Gasteiger partial charge on any atom is -0.460 e. The molecule has 0 radical (unpaired) electrons. The molecule has 0 unspecified atom stereocenters. The predicted molar refractivity (Wildman–Crippen MR) is 105 cm³/mol. The van der Waals surface area contributed by atoms with Crippen molar-refractivity contribution in [3.8, 4) is 0 Å². The number of carbonyl (C=O) groups is 2. The van der Waals surface area contributed by atoms with Gasteiger partial charge in [-0.3, -0.25) is 9.59 Å². The van der Waals surface area contributed by atoms with Crippen molar-refractivity contribution in [2.45, 2.75) is 76.4 Å². The van der Waals surface area contributed by atoms with Gasteiger partial charge in [-0.15, -0.1) is 11.6 Å². The van der Waals surface area contributed by atoms with E-state index in [1.54, 1.807) is 4.90 Å². The lowest BCUT2D eigenvalue weighted by molar-refractivity contribution is -0.227. The standard InChI is InChI=1S/C20H34ClNO6/c1-12(2)8-13(9-15(23)28-19(3,4)5)18(24)22-10-14(21)16-17(22)20(25-6,26-7)11-27-16/h12-14,16-17H,8-11H2,1-7H3/t13-,14-,16-,17+/m1/s1. The van der Waals surface area contributed by atoms with E-state index in [1.807, 2.05) is 34.6 Å². The normalized spacial score (nSPS) is 27.8. The van der Waals surface area contributed by atoms with Crippen molar-refractivity contribution in [3.05, 3.63) is 0 Å². The molecule has 2 rings (SSSR count). The van der Waals surface area contributed by atoms with Gasteiger partial charge in [0.25, 0.3) is 0 Å². The number of alkyl halides is 1. The van der Waals surface area contributed by atoms with Crippen LogP contribution < -0.4 is 0 Å². The van der Waals surface area contributed by atoms with E-state index in [2.05, 4.69) is 0 Å². The Kier molecular flexibility index (Phi) is 7.40. The first-order chi connectivity index (χ1) is 12.9. The summed E-state index contributed by atoms with van der Waals surface area (Å²) < 4.78 is 22.5. The molecule has 162 valence electrons. The minimum absolute atomic E-state index is 0.0307. The average molecular weight is 420 g/mol. The van der Waals surface area contributed by atoms with Gasteiger partial charge in [0, 0.05) is 26.7 Å². The van der Waals surface area contributed by atoms with Crippen molar-refractivity contribution >= 4 is 23.5 Å². The highest BCUT2D eigenvalue weighted by Crippen LogP contribution is 2.41. The molecule has 0 aromatic heterocycles. The molecule has 8 heteroatoms. The van der Waals surface area contributed by atoms with E-state index >= 15 is 0 Å². The topological polar surface area (TPSA) is 74.3 Å². The Hall–Kier alpha value is -0.890. The second-order valence-corrected chi connectivity index (χ2v) is 9.62. The Bertz CT molecular complexity index is 572. The lowest BCUT2D eigenvalue weighted by atomic mass is 9.92. The van der Waals surface area contributed by atoms with Gasteiger partial charge in [0.05, 0.1) is 11.8 Å². The van der Waals surface area contributed by atoms with Crippen LogP contribution in [0, 0.1) is 11.8 Å². The summed E-state index contributed by atoms with van der Waals surface area (Å²) in [6, 6.07) is -0.453. The zero-order valence-corrected chi connectivity index (χ0v) is 18.7. The fourth-order valence-electron chi connectivity index (χ4n) is 4.09. The lowest BCUT2D eigenvalue weighted by Gasteiger charge is -2.37. The number of halogens is 1. The maximum Gasteiger partial charge on any atom is 0.307 e. The number of hydrogen-bond donors (Lipinski definition) is 0. The molecular formula is C20H34ClNO6. The van der Waals surface area contributed by atoms with Crippen LogP contribution in [0.3, 0.4) is 0 Å². The number of rotatable bonds is 7. The third-order valence-electron chi connectivity index (χ3n) is 5.21. The molecule has 28 heavy (non-hydrogen) atoms. The SMILES string of the molecule is COC1(OC)CO[C@@H]2[C@H](Cl)CN(C(=O)[C@@H](CC(=O)OC(C)(C)C)CC(C)C)[C@@H]21. The number of hydrogen-bond acceptors (Lipinski definition) is 6. The van der Waals surface area contributed by atoms with Crippen LogP contribution in [-0.4, -0.2) is 73.1 Å². The van der Waals surface area contributed by atoms with Crippen LogP contribution in [0.2, 0.25) is 0 Å². The maximum atomic E-state index is 13.5. The van der Waals surface area contributed by atoms with Crippen LogP contribution in [0.1, 0.15) is 47.5 Å². The fraction of sp³-hybridized carbons (Fsp3) is 0.900. The number of likely N-dealkylation sites (tertiary alicyclic amines) is 1. The second-order valence-electron chi connectivity index (χ2n) is 9.06.